The number of rotatable bonds is 12. The molecule has 6 aromatic carbocycles. The average molecular weight is 1020 g/mol. The molecule has 2 fully saturated rings. The van der Waals surface area contributed by atoms with Gasteiger partial charge >= 0.3 is 12.2 Å². The number of nitrogens with zero attached hydrogens (tertiary/aromatic N) is 4. The van der Waals surface area contributed by atoms with Crippen molar-refractivity contribution in [1.29, 1.82) is 0 Å². The molecular weight excluding hydrogens is 984 g/mol. The summed E-state index contributed by atoms with van der Waals surface area (Å²) in [6.07, 6.45) is -0.660. The van der Waals surface area contributed by atoms with Gasteiger partial charge in [0.05, 0.1) is 58.4 Å². The molecule has 6 aromatic rings. The minimum absolute atomic E-state index is 0.0634. The number of hydrogen-bond acceptors (Lipinski definition) is 12. The van der Waals surface area contributed by atoms with Gasteiger partial charge in [0.2, 0.25) is 0 Å². The maximum atomic E-state index is 13.7. The first-order chi connectivity index (χ1) is 31.8. The number of amides is 4. The molecule has 2 heterocycles. The first kappa shape index (κ1) is 46.5. The summed E-state index contributed by atoms with van der Waals surface area (Å²) in [6.45, 7) is 0.127. The van der Waals surface area contributed by atoms with Crippen molar-refractivity contribution in [3.05, 3.63) is 185 Å². The van der Waals surface area contributed by atoms with Crippen molar-refractivity contribution in [2.45, 2.75) is 24.9 Å². The maximum absolute atomic E-state index is 13.7. The first-order valence-corrected chi connectivity index (χ1v) is 21.7. The lowest BCUT2D eigenvalue weighted by Crippen LogP contribution is -2.40. The maximum Gasteiger partial charge on any atom is 0.417 e. The van der Waals surface area contributed by atoms with Crippen molar-refractivity contribution in [2.24, 2.45) is 0 Å². The fraction of sp³-hybridized carbons (Fsp3) is 0.167. The summed E-state index contributed by atoms with van der Waals surface area (Å²) < 4.78 is 22.2. The molecule has 0 saturated carbocycles. The van der Waals surface area contributed by atoms with Gasteiger partial charge in [-0.15, -0.1) is 0 Å². The van der Waals surface area contributed by atoms with Crippen LogP contribution in [0.15, 0.2) is 142 Å². The van der Waals surface area contributed by atoms with Gasteiger partial charge in [0.25, 0.3) is 23.2 Å². The highest BCUT2D eigenvalue weighted by Gasteiger charge is 2.42. The number of carbonyl (C=O) groups is 4. The van der Waals surface area contributed by atoms with Crippen LogP contribution in [-0.4, -0.2) is 83.2 Å². The summed E-state index contributed by atoms with van der Waals surface area (Å²) in [5.41, 5.74) is 2.52. The van der Waals surface area contributed by atoms with Crippen LogP contribution < -0.4 is 9.47 Å². The average Bonchev–Trinajstić information content (AvgIpc) is 3.88. The predicted molar refractivity (Wildman–Crippen MR) is 248 cm³/mol. The quantitative estimate of drug-likeness (QED) is 0.0831. The second-order valence-corrected chi connectivity index (χ2v) is 16.4. The van der Waals surface area contributed by atoms with Crippen LogP contribution in [-0.2, 0) is 22.3 Å². The van der Waals surface area contributed by atoms with Crippen LogP contribution in [0.25, 0.3) is 22.3 Å². The molecule has 16 nitrogen and oxygen atoms in total. The Labute approximate surface area is 394 Å². The number of halogens is 2. The summed E-state index contributed by atoms with van der Waals surface area (Å²) in [5.74, 6) is -0.694. The molecule has 0 unspecified atom stereocenters. The summed E-state index contributed by atoms with van der Waals surface area (Å²) in [6, 6.07) is 36.4. The number of methoxy groups -OCH3 is 2. The molecule has 0 N–H and O–H groups in total. The highest BCUT2D eigenvalue weighted by Crippen LogP contribution is 2.45. The Hall–Kier alpha value is -7.44. The van der Waals surface area contributed by atoms with Gasteiger partial charge in [-0.3, -0.25) is 29.8 Å². The Bertz CT molecular complexity index is 2650. The van der Waals surface area contributed by atoms with Gasteiger partial charge in [-0.2, -0.15) is 0 Å². The van der Waals surface area contributed by atoms with E-state index in [9.17, 15) is 39.4 Å². The van der Waals surface area contributed by atoms with Crippen molar-refractivity contribution in [2.75, 3.05) is 27.4 Å². The van der Waals surface area contributed by atoms with Crippen LogP contribution in [0.5, 0.6) is 11.5 Å². The second-order valence-electron chi connectivity index (χ2n) is 14.7. The van der Waals surface area contributed by atoms with Gasteiger partial charge < -0.3 is 18.9 Å². The van der Waals surface area contributed by atoms with E-state index < -0.39 is 45.9 Å². The number of imide groups is 2. The molecule has 2 aliphatic heterocycles. The third-order valence-electron chi connectivity index (χ3n) is 10.8. The first-order valence-electron chi connectivity index (χ1n) is 20.1. The Morgan fingerprint density at radius 1 is 0.561 bits per heavy atom. The van der Waals surface area contributed by atoms with E-state index in [1.165, 1.54) is 50.6 Å². The van der Waals surface area contributed by atoms with Crippen molar-refractivity contribution < 1.29 is 48.0 Å². The van der Waals surface area contributed by atoms with Crippen LogP contribution in [0.3, 0.4) is 0 Å². The number of nitro benzene ring substituents is 2. The molecule has 4 amide bonds. The van der Waals surface area contributed by atoms with Gasteiger partial charge in [-0.25, -0.2) is 19.4 Å². The normalized spacial score (nSPS) is 15.3. The van der Waals surface area contributed by atoms with Crippen molar-refractivity contribution in [1.82, 2.24) is 9.80 Å². The fourth-order valence-electron chi connectivity index (χ4n) is 7.85. The van der Waals surface area contributed by atoms with E-state index in [1.54, 1.807) is 36.4 Å². The smallest absolute Gasteiger partial charge is 0.417 e. The molecule has 66 heavy (non-hydrogen) atoms. The van der Waals surface area contributed by atoms with Gasteiger partial charge in [0.1, 0.15) is 24.7 Å². The molecule has 8 rings (SSSR count). The van der Waals surface area contributed by atoms with Crippen molar-refractivity contribution >= 4 is 67.2 Å². The van der Waals surface area contributed by atoms with E-state index in [2.05, 4.69) is 31.9 Å². The Balaban J connectivity index is 0.000000196. The fourth-order valence-corrected chi connectivity index (χ4v) is 8.96. The van der Waals surface area contributed by atoms with Crippen LogP contribution in [0.1, 0.15) is 31.8 Å². The van der Waals surface area contributed by atoms with Gasteiger partial charge in [-0.05, 0) is 92.2 Å². The Morgan fingerprint density at radius 3 is 1.27 bits per heavy atom. The third-order valence-corrected chi connectivity index (χ3v) is 12.1. The predicted octanol–water partition coefficient (Wildman–Crippen LogP) is 10.5. The Morgan fingerprint density at radius 2 is 0.924 bits per heavy atom. The molecule has 2 saturated heterocycles. The van der Waals surface area contributed by atoms with Crippen LogP contribution in [0.4, 0.5) is 21.0 Å². The number of hydrogen-bond donors (Lipinski definition) is 0. The van der Waals surface area contributed by atoms with Gasteiger partial charge in [-0.1, -0.05) is 84.9 Å². The molecule has 0 radical (unpaired) electrons. The highest BCUT2D eigenvalue weighted by atomic mass is 79.9. The largest absolute Gasteiger partial charge is 0.496 e. The lowest BCUT2D eigenvalue weighted by molar-refractivity contribution is -0.384. The number of nitro groups is 2. The highest BCUT2D eigenvalue weighted by molar-refractivity contribution is 9.11. The van der Waals surface area contributed by atoms with Crippen LogP contribution in [0, 0.1) is 20.2 Å². The lowest BCUT2D eigenvalue weighted by Gasteiger charge is -2.22. The van der Waals surface area contributed by atoms with Gasteiger partial charge in [0, 0.05) is 32.2 Å². The zero-order chi connectivity index (χ0) is 47.1. The van der Waals surface area contributed by atoms with E-state index in [-0.39, 0.29) is 69.5 Å². The third kappa shape index (κ3) is 9.64. The molecular formula is C48H38Br2N4O12. The van der Waals surface area contributed by atoms with Gasteiger partial charge in [0.15, 0.2) is 0 Å². The molecule has 2 atom stereocenters. The minimum Gasteiger partial charge on any atom is -0.496 e. The standard InChI is InChI=1S/2C24H19BrN2O6/c2*1-32-20-12-5-9-17(21(20)22-18(25)10-6-11-19(22)27(30)31)23(28)26-16(14-33-24(26)29)13-15-7-3-2-4-8-15/h2*2-12,16H,13-14H2,1H3/t2*16-/m00/s1. The monoisotopic (exact) mass is 1020 g/mol. The molecule has 18 heteroatoms. The van der Waals surface area contributed by atoms with E-state index in [1.807, 2.05) is 60.7 Å². The van der Waals surface area contributed by atoms with E-state index >= 15 is 0 Å². The minimum atomic E-state index is -0.753. The summed E-state index contributed by atoms with van der Waals surface area (Å²) in [4.78, 5) is 77.2. The molecule has 2 aliphatic rings. The molecule has 0 aromatic heterocycles. The summed E-state index contributed by atoms with van der Waals surface area (Å²) in [5, 5.41) is 23.5. The SMILES string of the molecule is COc1cccc(C(=O)N2C(=O)OC[C@@H]2Cc2ccccc2)c1-c1c(Br)cccc1[N+](=O)[O-].COc1cccc(C(=O)N2C(=O)OC[C@@H]2Cc2ccccc2)c1-c1c(Br)cccc1[N+](=O)[O-]. The zero-order valence-corrected chi connectivity index (χ0v) is 38.3. The summed E-state index contributed by atoms with van der Waals surface area (Å²) >= 11 is 6.75. The van der Waals surface area contributed by atoms with E-state index in [4.69, 9.17) is 18.9 Å². The molecule has 0 bridgehead atoms. The van der Waals surface area contributed by atoms with Crippen LogP contribution >= 0.6 is 31.9 Å². The molecule has 0 spiro atoms. The molecule has 0 aliphatic carbocycles. The van der Waals surface area contributed by atoms with Crippen molar-refractivity contribution in [3.8, 4) is 33.8 Å². The Kier molecular flexibility index (Phi) is 14.5. The zero-order valence-electron chi connectivity index (χ0n) is 35.1. The molecule has 336 valence electrons. The lowest BCUT2D eigenvalue weighted by atomic mass is 9.95. The van der Waals surface area contributed by atoms with Crippen LogP contribution in [0.2, 0.25) is 0 Å². The number of ether oxygens (including phenoxy) is 4. The number of carbonyl (C=O) groups excluding carboxylic acids is 4. The summed E-state index contributed by atoms with van der Waals surface area (Å²) in [7, 11) is 2.83. The second kappa shape index (κ2) is 20.6. The van der Waals surface area contributed by atoms with E-state index in [0.29, 0.717) is 21.8 Å². The number of cyclic esters (lactones) is 2. The topological polar surface area (TPSA) is 198 Å². The number of benzene rings is 6. The van der Waals surface area contributed by atoms with Crippen molar-refractivity contribution in [3.63, 3.8) is 0 Å². The van der Waals surface area contributed by atoms with E-state index in [0.717, 1.165) is 20.9 Å².